The first-order valence-corrected chi connectivity index (χ1v) is 7.34. The van der Waals surface area contributed by atoms with Gasteiger partial charge in [-0.1, -0.05) is 30.3 Å². The average Bonchev–Trinajstić information content (AvgIpc) is 3.20. The van der Waals surface area contributed by atoms with Gasteiger partial charge in [0.15, 0.2) is 0 Å². The molecule has 1 unspecified atom stereocenters. The highest BCUT2D eigenvalue weighted by molar-refractivity contribution is 5.81. The zero-order valence-electron chi connectivity index (χ0n) is 11.5. The summed E-state index contributed by atoms with van der Waals surface area (Å²) in [6, 6.07) is 10.1. The van der Waals surface area contributed by atoms with E-state index in [0.29, 0.717) is 12.8 Å². The van der Waals surface area contributed by atoms with Crippen LogP contribution in [-0.4, -0.2) is 17.9 Å². The highest BCUT2D eigenvalue weighted by Gasteiger charge is 2.45. The summed E-state index contributed by atoms with van der Waals surface area (Å²) >= 11 is 0. The van der Waals surface area contributed by atoms with Gasteiger partial charge in [-0.25, -0.2) is 0 Å². The van der Waals surface area contributed by atoms with Crippen molar-refractivity contribution in [1.82, 2.24) is 10.6 Å². The van der Waals surface area contributed by atoms with Gasteiger partial charge in [-0.05, 0) is 31.2 Å². The fourth-order valence-corrected chi connectivity index (χ4v) is 2.94. The normalized spacial score (nSPS) is 23.8. The molecule has 0 radical (unpaired) electrons. The molecular formula is C16H20N2O2. The number of benzene rings is 1. The van der Waals surface area contributed by atoms with Crippen LogP contribution in [0.1, 0.15) is 44.1 Å². The Hall–Kier alpha value is -1.84. The van der Waals surface area contributed by atoms with Crippen molar-refractivity contribution >= 4 is 11.8 Å². The molecule has 0 spiro atoms. The lowest BCUT2D eigenvalue weighted by Gasteiger charge is -2.24. The number of nitrogens with one attached hydrogen (secondary N) is 2. The number of amides is 2. The molecule has 2 N–H and O–H groups in total. The summed E-state index contributed by atoms with van der Waals surface area (Å²) in [6.07, 6.45) is 4.76. The van der Waals surface area contributed by atoms with Gasteiger partial charge in [-0.2, -0.15) is 0 Å². The highest BCUT2D eigenvalue weighted by Crippen LogP contribution is 2.45. The molecule has 1 atom stereocenters. The molecule has 1 aromatic rings. The van der Waals surface area contributed by atoms with Crippen molar-refractivity contribution in [3.63, 3.8) is 0 Å². The van der Waals surface area contributed by atoms with Crippen molar-refractivity contribution in [2.24, 2.45) is 0 Å². The molecule has 4 nitrogen and oxygen atoms in total. The zero-order valence-corrected chi connectivity index (χ0v) is 11.5. The number of carbonyl (C=O) groups excluding carboxylic acids is 2. The van der Waals surface area contributed by atoms with E-state index in [0.717, 1.165) is 25.7 Å². The smallest absolute Gasteiger partial charge is 0.222 e. The van der Waals surface area contributed by atoms with Gasteiger partial charge in [-0.15, -0.1) is 0 Å². The van der Waals surface area contributed by atoms with Gasteiger partial charge in [0.2, 0.25) is 11.8 Å². The Kier molecular flexibility index (Phi) is 3.47. The summed E-state index contributed by atoms with van der Waals surface area (Å²) in [4.78, 5) is 23.5. The second-order valence-electron chi connectivity index (χ2n) is 5.86. The van der Waals surface area contributed by atoms with Crippen LogP contribution in [0, 0.1) is 0 Å². The molecular weight excluding hydrogens is 252 g/mol. The van der Waals surface area contributed by atoms with E-state index >= 15 is 0 Å². The van der Waals surface area contributed by atoms with E-state index in [9.17, 15) is 9.59 Å². The maximum Gasteiger partial charge on any atom is 0.222 e. The van der Waals surface area contributed by atoms with Crippen molar-refractivity contribution < 1.29 is 9.59 Å². The van der Waals surface area contributed by atoms with E-state index in [-0.39, 0.29) is 23.4 Å². The van der Waals surface area contributed by atoms with Gasteiger partial charge < -0.3 is 10.6 Å². The van der Waals surface area contributed by atoms with E-state index in [4.69, 9.17) is 0 Å². The number of carbonyl (C=O) groups is 2. The third-order valence-corrected chi connectivity index (χ3v) is 4.21. The van der Waals surface area contributed by atoms with Crippen LogP contribution in [-0.2, 0) is 15.1 Å². The minimum absolute atomic E-state index is 0.00261. The Morgan fingerprint density at radius 2 is 2.05 bits per heavy atom. The predicted molar refractivity (Wildman–Crippen MR) is 75.9 cm³/mol. The van der Waals surface area contributed by atoms with E-state index in [1.807, 2.05) is 18.2 Å². The summed E-state index contributed by atoms with van der Waals surface area (Å²) in [5.41, 5.74) is 1.03. The maximum atomic E-state index is 12.2. The second-order valence-corrected chi connectivity index (χ2v) is 5.86. The van der Waals surface area contributed by atoms with Crippen LogP contribution in [0.3, 0.4) is 0 Å². The Morgan fingerprint density at radius 3 is 2.70 bits per heavy atom. The van der Waals surface area contributed by atoms with Crippen LogP contribution in [0.4, 0.5) is 0 Å². The molecule has 3 rings (SSSR count). The summed E-state index contributed by atoms with van der Waals surface area (Å²) in [7, 11) is 0. The monoisotopic (exact) mass is 272 g/mol. The first kappa shape index (κ1) is 13.2. The topological polar surface area (TPSA) is 58.2 Å². The van der Waals surface area contributed by atoms with Crippen molar-refractivity contribution in [3.05, 3.63) is 35.9 Å². The standard InChI is InChI=1S/C16H20N2O2/c19-14-8-4-7-13(17-14)11-15(20)18-16(9-10-16)12-5-2-1-3-6-12/h1-3,5-6,13H,4,7-11H2,(H,17,19)(H,18,20). The lowest BCUT2D eigenvalue weighted by molar-refractivity contribution is -0.125. The SMILES string of the molecule is O=C1CCCC(CC(=O)NC2(c3ccccc3)CC2)N1. The van der Waals surface area contributed by atoms with Crippen LogP contribution in [0.2, 0.25) is 0 Å². The molecule has 1 aliphatic heterocycles. The van der Waals surface area contributed by atoms with E-state index < -0.39 is 0 Å². The minimum Gasteiger partial charge on any atom is -0.353 e. The Labute approximate surface area is 118 Å². The second kappa shape index (κ2) is 5.27. The summed E-state index contributed by atoms with van der Waals surface area (Å²) in [5.74, 6) is 0.108. The lowest BCUT2D eigenvalue weighted by Crippen LogP contribution is -2.44. The fraction of sp³-hybridized carbons (Fsp3) is 0.500. The van der Waals surface area contributed by atoms with Crippen molar-refractivity contribution in [1.29, 1.82) is 0 Å². The first-order valence-electron chi connectivity index (χ1n) is 7.34. The van der Waals surface area contributed by atoms with E-state index in [2.05, 4.69) is 22.8 Å². The quantitative estimate of drug-likeness (QED) is 0.879. The summed E-state index contributed by atoms with van der Waals surface area (Å²) < 4.78 is 0. The van der Waals surface area contributed by atoms with E-state index in [1.54, 1.807) is 0 Å². The molecule has 2 fully saturated rings. The molecule has 2 amide bonds. The average molecular weight is 272 g/mol. The molecule has 0 bridgehead atoms. The molecule has 2 aliphatic rings. The Morgan fingerprint density at radius 1 is 1.30 bits per heavy atom. The van der Waals surface area contributed by atoms with Crippen LogP contribution in [0.5, 0.6) is 0 Å². The summed E-state index contributed by atoms with van der Waals surface area (Å²) in [6.45, 7) is 0. The van der Waals surface area contributed by atoms with Crippen LogP contribution >= 0.6 is 0 Å². The zero-order chi connectivity index (χ0) is 14.0. The molecule has 4 heteroatoms. The largest absolute Gasteiger partial charge is 0.353 e. The number of rotatable bonds is 4. The van der Waals surface area contributed by atoms with Gasteiger partial charge >= 0.3 is 0 Å². The Bertz CT molecular complexity index is 508. The number of hydrogen-bond donors (Lipinski definition) is 2. The fourth-order valence-electron chi connectivity index (χ4n) is 2.94. The molecule has 106 valence electrons. The van der Waals surface area contributed by atoms with Crippen LogP contribution in [0.15, 0.2) is 30.3 Å². The highest BCUT2D eigenvalue weighted by atomic mass is 16.2. The van der Waals surface area contributed by atoms with Crippen molar-refractivity contribution in [2.75, 3.05) is 0 Å². The third kappa shape index (κ3) is 2.84. The minimum atomic E-state index is -0.156. The van der Waals surface area contributed by atoms with Crippen LogP contribution in [0.25, 0.3) is 0 Å². The molecule has 1 aliphatic carbocycles. The van der Waals surface area contributed by atoms with Crippen molar-refractivity contribution in [2.45, 2.75) is 50.1 Å². The maximum absolute atomic E-state index is 12.2. The predicted octanol–water partition coefficient (Wildman–Crippen LogP) is 1.85. The molecule has 0 aromatic heterocycles. The third-order valence-electron chi connectivity index (χ3n) is 4.21. The first-order chi connectivity index (χ1) is 9.68. The molecule has 1 saturated heterocycles. The summed E-state index contributed by atoms with van der Waals surface area (Å²) in [5, 5.41) is 6.05. The van der Waals surface area contributed by atoms with Gasteiger partial charge in [0.25, 0.3) is 0 Å². The lowest BCUT2D eigenvalue weighted by atomic mass is 10.00. The molecule has 1 saturated carbocycles. The van der Waals surface area contributed by atoms with Gasteiger partial charge in [0, 0.05) is 18.9 Å². The van der Waals surface area contributed by atoms with Crippen LogP contribution < -0.4 is 10.6 Å². The van der Waals surface area contributed by atoms with Gasteiger partial charge in [-0.3, -0.25) is 9.59 Å². The van der Waals surface area contributed by atoms with Gasteiger partial charge in [0.05, 0.1) is 5.54 Å². The molecule has 1 aromatic carbocycles. The number of piperidine rings is 1. The molecule has 20 heavy (non-hydrogen) atoms. The van der Waals surface area contributed by atoms with E-state index in [1.165, 1.54) is 5.56 Å². The van der Waals surface area contributed by atoms with Gasteiger partial charge in [0.1, 0.15) is 0 Å². The number of hydrogen-bond acceptors (Lipinski definition) is 2. The Balaban J connectivity index is 1.58. The van der Waals surface area contributed by atoms with Crippen molar-refractivity contribution in [3.8, 4) is 0 Å². The molecule has 1 heterocycles.